The Hall–Kier alpha value is -1.89. The molecule has 1 aromatic heterocycles. The van der Waals surface area contributed by atoms with Crippen molar-refractivity contribution in [2.75, 3.05) is 12.3 Å². The Morgan fingerprint density at radius 3 is 2.83 bits per heavy atom. The Balaban J connectivity index is 1.58. The van der Waals surface area contributed by atoms with Crippen molar-refractivity contribution in [1.82, 2.24) is 25.1 Å². The SMILES string of the molecule is CCCN(Cc1ccccc1)C(=O)CSc1nnnn1C1CC1. The fraction of sp³-hybridized carbons (Fsp3) is 0.500. The number of tetrazole rings is 1. The Bertz CT molecular complexity index is 641. The quantitative estimate of drug-likeness (QED) is 0.696. The fourth-order valence-electron chi connectivity index (χ4n) is 2.41. The number of hydrogen-bond donors (Lipinski definition) is 0. The van der Waals surface area contributed by atoms with Crippen molar-refractivity contribution < 1.29 is 4.79 Å². The molecule has 1 amide bonds. The van der Waals surface area contributed by atoms with Crippen LogP contribution in [0, 0.1) is 0 Å². The molecule has 23 heavy (non-hydrogen) atoms. The van der Waals surface area contributed by atoms with E-state index in [1.165, 1.54) is 11.8 Å². The van der Waals surface area contributed by atoms with Gasteiger partial charge in [0.1, 0.15) is 0 Å². The van der Waals surface area contributed by atoms with E-state index in [4.69, 9.17) is 0 Å². The van der Waals surface area contributed by atoms with E-state index in [1.54, 1.807) is 0 Å². The third kappa shape index (κ3) is 4.31. The van der Waals surface area contributed by atoms with Gasteiger partial charge >= 0.3 is 0 Å². The minimum Gasteiger partial charge on any atom is -0.338 e. The van der Waals surface area contributed by atoms with Gasteiger partial charge in [0.15, 0.2) is 0 Å². The molecule has 1 aliphatic rings. The minimum absolute atomic E-state index is 0.131. The van der Waals surface area contributed by atoms with Crippen LogP contribution in [-0.4, -0.2) is 43.3 Å². The third-order valence-corrected chi connectivity index (χ3v) is 4.66. The molecule has 0 spiro atoms. The molecule has 122 valence electrons. The van der Waals surface area contributed by atoms with Crippen LogP contribution < -0.4 is 0 Å². The molecule has 0 radical (unpaired) electrons. The summed E-state index contributed by atoms with van der Waals surface area (Å²) in [7, 11) is 0. The zero-order valence-electron chi connectivity index (χ0n) is 13.3. The Morgan fingerprint density at radius 1 is 1.35 bits per heavy atom. The second kappa shape index (κ2) is 7.59. The number of nitrogens with zero attached hydrogens (tertiary/aromatic N) is 5. The molecule has 7 heteroatoms. The van der Waals surface area contributed by atoms with Gasteiger partial charge in [-0.3, -0.25) is 4.79 Å². The van der Waals surface area contributed by atoms with Gasteiger partial charge in [-0.2, -0.15) is 0 Å². The Kier molecular flexibility index (Phi) is 5.27. The summed E-state index contributed by atoms with van der Waals surface area (Å²) in [5.41, 5.74) is 1.15. The lowest BCUT2D eigenvalue weighted by Crippen LogP contribution is -2.32. The van der Waals surface area contributed by atoms with Crippen LogP contribution in [0.2, 0.25) is 0 Å². The van der Waals surface area contributed by atoms with E-state index < -0.39 is 0 Å². The van der Waals surface area contributed by atoms with Crippen LogP contribution in [0.3, 0.4) is 0 Å². The maximum atomic E-state index is 12.6. The zero-order valence-corrected chi connectivity index (χ0v) is 14.1. The lowest BCUT2D eigenvalue weighted by Gasteiger charge is -2.22. The van der Waals surface area contributed by atoms with Crippen molar-refractivity contribution in [2.24, 2.45) is 0 Å². The number of aromatic nitrogens is 4. The van der Waals surface area contributed by atoms with Gasteiger partial charge < -0.3 is 4.90 Å². The van der Waals surface area contributed by atoms with E-state index in [9.17, 15) is 4.79 Å². The standard InChI is InChI=1S/C16H21N5OS/c1-2-10-20(11-13-6-4-3-5-7-13)15(22)12-23-16-17-18-19-21(16)14-8-9-14/h3-7,14H,2,8-12H2,1H3. The van der Waals surface area contributed by atoms with E-state index in [1.807, 2.05) is 27.8 Å². The highest BCUT2D eigenvalue weighted by atomic mass is 32.2. The lowest BCUT2D eigenvalue weighted by atomic mass is 10.2. The van der Waals surface area contributed by atoms with Crippen LogP contribution in [0.15, 0.2) is 35.5 Å². The zero-order chi connectivity index (χ0) is 16.1. The van der Waals surface area contributed by atoms with E-state index in [0.717, 1.165) is 36.5 Å². The molecule has 0 saturated heterocycles. The summed E-state index contributed by atoms with van der Waals surface area (Å²) in [6, 6.07) is 10.5. The summed E-state index contributed by atoms with van der Waals surface area (Å²) in [6.45, 7) is 3.51. The molecule has 6 nitrogen and oxygen atoms in total. The van der Waals surface area contributed by atoms with Crippen molar-refractivity contribution in [2.45, 2.75) is 43.9 Å². The highest BCUT2D eigenvalue weighted by molar-refractivity contribution is 7.99. The molecule has 1 aromatic carbocycles. The van der Waals surface area contributed by atoms with Gasteiger partial charge in [-0.15, -0.1) is 5.10 Å². The van der Waals surface area contributed by atoms with Gasteiger partial charge in [0.25, 0.3) is 0 Å². The molecule has 1 aliphatic carbocycles. The second-order valence-electron chi connectivity index (χ2n) is 5.73. The molecule has 1 heterocycles. The molecular weight excluding hydrogens is 310 g/mol. The second-order valence-corrected chi connectivity index (χ2v) is 6.67. The topological polar surface area (TPSA) is 63.9 Å². The molecular formula is C16H21N5OS. The largest absolute Gasteiger partial charge is 0.338 e. The summed E-state index contributed by atoms with van der Waals surface area (Å²) in [5, 5.41) is 12.5. The Morgan fingerprint density at radius 2 is 2.13 bits per heavy atom. The lowest BCUT2D eigenvalue weighted by molar-refractivity contribution is -0.129. The maximum absolute atomic E-state index is 12.6. The highest BCUT2D eigenvalue weighted by Crippen LogP contribution is 2.36. The molecule has 2 aromatic rings. The number of carbonyl (C=O) groups excluding carboxylic acids is 1. The summed E-state index contributed by atoms with van der Waals surface area (Å²) in [6.07, 6.45) is 3.20. The third-order valence-electron chi connectivity index (χ3n) is 3.74. The molecule has 0 N–H and O–H groups in total. The van der Waals surface area contributed by atoms with E-state index in [2.05, 4.69) is 34.6 Å². The van der Waals surface area contributed by atoms with Gasteiger partial charge in [-0.05, 0) is 35.3 Å². The van der Waals surface area contributed by atoms with Gasteiger partial charge in [0.05, 0.1) is 11.8 Å². The summed E-state index contributed by atoms with van der Waals surface area (Å²) >= 11 is 1.43. The average Bonchev–Trinajstić information content (AvgIpc) is 3.31. The molecule has 0 bridgehead atoms. The predicted octanol–water partition coefficient (Wildman–Crippen LogP) is 2.54. The first kappa shape index (κ1) is 16.0. The van der Waals surface area contributed by atoms with Crippen LogP contribution in [0.1, 0.15) is 37.8 Å². The van der Waals surface area contributed by atoms with Crippen LogP contribution in [0.25, 0.3) is 0 Å². The van der Waals surface area contributed by atoms with Crippen molar-refractivity contribution >= 4 is 17.7 Å². The number of carbonyl (C=O) groups is 1. The first-order valence-electron chi connectivity index (χ1n) is 8.00. The summed E-state index contributed by atoms with van der Waals surface area (Å²) < 4.78 is 1.85. The smallest absolute Gasteiger partial charge is 0.233 e. The van der Waals surface area contributed by atoms with E-state index in [0.29, 0.717) is 18.3 Å². The number of amides is 1. The van der Waals surface area contributed by atoms with Crippen molar-refractivity contribution in [1.29, 1.82) is 0 Å². The first-order valence-corrected chi connectivity index (χ1v) is 8.99. The van der Waals surface area contributed by atoms with Crippen molar-refractivity contribution in [3.8, 4) is 0 Å². The van der Waals surface area contributed by atoms with E-state index >= 15 is 0 Å². The molecule has 0 unspecified atom stereocenters. The molecule has 1 fully saturated rings. The summed E-state index contributed by atoms with van der Waals surface area (Å²) in [4.78, 5) is 14.5. The van der Waals surface area contributed by atoms with Gasteiger partial charge in [-0.25, -0.2) is 4.68 Å². The monoisotopic (exact) mass is 331 g/mol. The highest BCUT2D eigenvalue weighted by Gasteiger charge is 2.28. The molecule has 1 saturated carbocycles. The fourth-order valence-corrected chi connectivity index (χ4v) is 3.26. The molecule has 3 rings (SSSR count). The minimum atomic E-state index is 0.131. The maximum Gasteiger partial charge on any atom is 0.233 e. The van der Waals surface area contributed by atoms with Crippen molar-refractivity contribution in [3.05, 3.63) is 35.9 Å². The van der Waals surface area contributed by atoms with Gasteiger partial charge in [0.2, 0.25) is 11.1 Å². The molecule has 0 aliphatic heterocycles. The van der Waals surface area contributed by atoms with Crippen LogP contribution in [-0.2, 0) is 11.3 Å². The average molecular weight is 331 g/mol. The number of benzene rings is 1. The normalized spacial score (nSPS) is 14.0. The van der Waals surface area contributed by atoms with Crippen LogP contribution >= 0.6 is 11.8 Å². The summed E-state index contributed by atoms with van der Waals surface area (Å²) in [5.74, 6) is 0.506. The number of rotatable bonds is 8. The van der Waals surface area contributed by atoms with Gasteiger partial charge in [0, 0.05) is 13.1 Å². The molecule has 0 atom stereocenters. The van der Waals surface area contributed by atoms with Crippen molar-refractivity contribution in [3.63, 3.8) is 0 Å². The predicted molar refractivity (Wildman–Crippen MR) is 89.0 cm³/mol. The first-order chi connectivity index (χ1) is 11.3. The van der Waals surface area contributed by atoms with E-state index in [-0.39, 0.29) is 5.91 Å². The number of thioether (sulfide) groups is 1. The van der Waals surface area contributed by atoms with Crippen LogP contribution in [0.4, 0.5) is 0 Å². The van der Waals surface area contributed by atoms with Gasteiger partial charge in [-0.1, -0.05) is 49.0 Å². The van der Waals surface area contributed by atoms with Crippen LogP contribution in [0.5, 0.6) is 0 Å². The number of hydrogen-bond acceptors (Lipinski definition) is 5. The Labute approximate surface area is 140 Å².